The van der Waals surface area contributed by atoms with E-state index in [4.69, 9.17) is 27.9 Å². The summed E-state index contributed by atoms with van der Waals surface area (Å²) < 4.78 is 5.59. The molecule has 0 aliphatic carbocycles. The van der Waals surface area contributed by atoms with E-state index in [0.29, 0.717) is 21.2 Å². The lowest BCUT2D eigenvalue weighted by Crippen LogP contribution is -2.27. The van der Waals surface area contributed by atoms with E-state index in [1.807, 2.05) is 32.0 Å². The van der Waals surface area contributed by atoms with E-state index < -0.39 is 0 Å². The lowest BCUT2D eigenvalue weighted by molar-refractivity contribution is -0.123. The third-order valence-corrected chi connectivity index (χ3v) is 6.86. The minimum Gasteiger partial charge on any atom is -0.482 e. The Morgan fingerprint density at radius 3 is 2.50 bits per heavy atom. The van der Waals surface area contributed by atoms with Crippen molar-refractivity contribution in [3.8, 4) is 5.75 Å². The van der Waals surface area contributed by atoms with E-state index in [1.165, 1.54) is 4.90 Å². The third-order valence-electron chi connectivity index (χ3n) is 5.41. The van der Waals surface area contributed by atoms with E-state index >= 15 is 0 Å². The molecule has 0 radical (unpaired) electrons. The van der Waals surface area contributed by atoms with Crippen molar-refractivity contribution in [3.05, 3.63) is 97.9 Å². The van der Waals surface area contributed by atoms with Crippen molar-refractivity contribution >= 4 is 63.8 Å². The van der Waals surface area contributed by atoms with Crippen molar-refractivity contribution in [1.29, 1.82) is 0 Å². The summed E-state index contributed by atoms with van der Waals surface area (Å²) >= 11 is 13.1. The number of carbonyl (C=O) groups excluding carboxylic acids is 3. The highest BCUT2D eigenvalue weighted by Gasteiger charge is 2.35. The summed E-state index contributed by atoms with van der Waals surface area (Å²) in [5.41, 5.74) is 4.15. The van der Waals surface area contributed by atoms with E-state index in [0.717, 1.165) is 34.1 Å². The molecule has 3 amide bonds. The number of imide groups is 1. The number of carbonyl (C=O) groups is 3. The molecule has 1 aliphatic rings. The molecule has 0 aromatic heterocycles. The Hall–Kier alpha value is -3.26. The zero-order valence-corrected chi connectivity index (χ0v) is 21.8. The number of thioether (sulfide) groups is 1. The standard InChI is InChI=1S/C27H22Cl2N2O4S/c1-16-3-4-17(2)22(11-16)30-25(32)15-35-23-10-7-19(12-21(23)29)13-24-26(33)31(27(34)36-24)14-18-5-8-20(28)9-6-18/h3-13H,14-15H2,1-2H3,(H,30,32)/b24-13-. The van der Waals surface area contributed by atoms with Crippen LogP contribution in [0.1, 0.15) is 22.3 Å². The topological polar surface area (TPSA) is 75.7 Å². The van der Waals surface area contributed by atoms with Crippen molar-refractivity contribution in [2.75, 3.05) is 11.9 Å². The Bertz CT molecular complexity index is 1370. The molecule has 1 heterocycles. The number of benzene rings is 3. The number of ether oxygens (including phenoxy) is 1. The second kappa shape index (κ2) is 11.2. The third kappa shape index (κ3) is 6.29. The molecule has 1 N–H and O–H groups in total. The number of amides is 3. The van der Waals surface area contributed by atoms with Crippen LogP contribution in [0.3, 0.4) is 0 Å². The fourth-order valence-corrected chi connectivity index (χ4v) is 4.69. The van der Waals surface area contributed by atoms with Gasteiger partial charge in [0.2, 0.25) is 0 Å². The van der Waals surface area contributed by atoms with Gasteiger partial charge in [0, 0.05) is 10.7 Å². The van der Waals surface area contributed by atoms with Gasteiger partial charge in [-0.05, 0) is 84.3 Å². The quantitative estimate of drug-likeness (QED) is 0.331. The molecule has 0 atom stereocenters. The van der Waals surface area contributed by atoms with Crippen LogP contribution in [-0.2, 0) is 16.1 Å². The molecular weight excluding hydrogens is 519 g/mol. The average Bonchev–Trinajstić information content (AvgIpc) is 3.09. The first kappa shape index (κ1) is 25.8. The molecule has 6 nitrogen and oxygen atoms in total. The van der Waals surface area contributed by atoms with Gasteiger partial charge in [0.05, 0.1) is 16.5 Å². The molecule has 1 fully saturated rings. The largest absolute Gasteiger partial charge is 0.482 e. The van der Waals surface area contributed by atoms with Gasteiger partial charge in [0.1, 0.15) is 5.75 Å². The van der Waals surface area contributed by atoms with E-state index in [1.54, 1.807) is 48.5 Å². The number of halogens is 2. The highest BCUT2D eigenvalue weighted by atomic mass is 35.5. The SMILES string of the molecule is Cc1ccc(C)c(NC(=O)COc2ccc(/C=C3\SC(=O)N(Cc4ccc(Cl)cc4)C3=O)cc2Cl)c1. The number of anilines is 1. The van der Waals surface area contributed by atoms with E-state index in [2.05, 4.69) is 5.32 Å². The zero-order valence-electron chi connectivity index (χ0n) is 19.5. The van der Waals surface area contributed by atoms with Crippen molar-refractivity contribution in [3.63, 3.8) is 0 Å². The van der Waals surface area contributed by atoms with Gasteiger partial charge in [0.25, 0.3) is 17.1 Å². The van der Waals surface area contributed by atoms with Gasteiger partial charge in [-0.3, -0.25) is 19.3 Å². The minimum atomic E-state index is -0.375. The summed E-state index contributed by atoms with van der Waals surface area (Å²) in [6.07, 6.45) is 1.61. The molecule has 3 aromatic carbocycles. The number of hydrogen-bond donors (Lipinski definition) is 1. The summed E-state index contributed by atoms with van der Waals surface area (Å²) in [4.78, 5) is 39.0. The van der Waals surface area contributed by atoms with Crippen LogP contribution in [0.4, 0.5) is 10.5 Å². The first-order valence-electron chi connectivity index (χ1n) is 11.0. The molecule has 0 spiro atoms. The first-order chi connectivity index (χ1) is 17.2. The van der Waals surface area contributed by atoms with Crippen LogP contribution in [0.25, 0.3) is 6.08 Å². The van der Waals surface area contributed by atoms with Crippen LogP contribution < -0.4 is 10.1 Å². The molecule has 0 bridgehead atoms. The van der Waals surface area contributed by atoms with Crippen LogP contribution in [0, 0.1) is 13.8 Å². The minimum absolute atomic E-state index is 0.164. The Morgan fingerprint density at radius 2 is 1.78 bits per heavy atom. The first-order valence-corrected chi connectivity index (χ1v) is 12.6. The van der Waals surface area contributed by atoms with Gasteiger partial charge in [-0.25, -0.2) is 0 Å². The molecule has 184 valence electrons. The molecule has 36 heavy (non-hydrogen) atoms. The number of nitrogens with one attached hydrogen (secondary N) is 1. The average molecular weight is 541 g/mol. The fraction of sp³-hybridized carbons (Fsp3) is 0.148. The normalized spacial score (nSPS) is 14.4. The number of rotatable bonds is 7. The van der Waals surface area contributed by atoms with Gasteiger partial charge in [0.15, 0.2) is 6.61 Å². The summed E-state index contributed by atoms with van der Waals surface area (Å²) in [5.74, 6) is -0.349. The summed E-state index contributed by atoms with van der Waals surface area (Å²) in [6, 6.07) is 17.7. The maximum Gasteiger partial charge on any atom is 0.293 e. The summed E-state index contributed by atoms with van der Waals surface area (Å²) in [5, 5.41) is 3.35. The molecule has 1 saturated heterocycles. The molecule has 4 rings (SSSR count). The van der Waals surface area contributed by atoms with Gasteiger partial charge in [-0.1, -0.05) is 53.5 Å². The van der Waals surface area contributed by atoms with Crippen LogP contribution in [0.15, 0.2) is 65.6 Å². The Morgan fingerprint density at radius 1 is 1.03 bits per heavy atom. The van der Waals surface area contributed by atoms with Gasteiger partial charge >= 0.3 is 0 Å². The van der Waals surface area contributed by atoms with Gasteiger partial charge < -0.3 is 10.1 Å². The second-order valence-corrected chi connectivity index (χ2v) is 10.1. The fourth-order valence-electron chi connectivity index (χ4n) is 3.48. The number of hydrogen-bond acceptors (Lipinski definition) is 5. The summed E-state index contributed by atoms with van der Waals surface area (Å²) in [6.45, 7) is 3.82. The Balaban J connectivity index is 1.38. The molecule has 9 heteroatoms. The lowest BCUT2D eigenvalue weighted by atomic mass is 10.1. The summed E-state index contributed by atoms with van der Waals surface area (Å²) in [7, 11) is 0. The molecule has 0 saturated carbocycles. The molecule has 1 aliphatic heterocycles. The second-order valence-electron chi connectivity index (χ2n) is 8.24. The Kier molecular flexibility index (Phi) is 8.04. The van der Waals surface area contributed by atoms with Crippen molar-refractivity contribution in [1.82, 2.24) is 4.90 Å². The monoisotopic (exact) mass is 540 g/mol. The van der Waals surface area contributed by atoms with Crippen molar-refractivity contribution in [2.45, 2.75) is 20.4 Å². The van der Waals surface area contributed by atoms with Crippen LogP contribution in [0.2, 0.25) is 10.0 Å². The lowest BCUT2D eigenvalue weighted by Gasteiger charge is -2.12. The van der Waals surface area contributed by atoms with Crippen molar-refractivity contribution < 1.29 is 19.1 Å². The maximum atomic E-state index is 12.8. The van der Waals surface area contributed by atoms with E-state index in [-0.39, 0.29) is 35.2 Å². The maximum absolute atomic E-state index is 12.8. The number of aryl methyl sites for hydroxylation is 2. The molecule has 3 aromatic rings. The smallest absolute Gasteiger partial charge is 0.293 e. The Labute approximate surface area is 223 Å². The van der Waals surface area contributed by atoms with Crippen LogP contribution in [-0.4, -0.2) is 28.6 Å². The highest BCUT2D eigenvalue weighted by Crippen LogP contribution is 2.34. The van der Waals surface area contributed by atoms with Crippen molar-refractivity contribution in [2.24, 2.45) is 0 Å². The zero-order chi connectivity index (χ0) is 25.8. The van der Waals surface area contributed by atoms with Crippen LogP contribution >= 0.6 is 35.0 Å². The molecule has 0 unspecified atom stereocenters. The number of nitrogens with zero attached hydrogens (tertiary/aromatic N) is 1. The van der Waals surface area contributed by atoms with E-state index in [9.17, 15) is 14.4 Å². The highest BCUT2D eigenvalue weighted by molar-refractivity contribution is 8.18. The van der Waals surface area contributed by atoms with Crippen LogP contribution in [0.5, 0.6) is 5.75 Å². The predicted molar refractivity (Wildman–Crippen MR) is 144 cm³/mol. The molecular formula is C27H22Cl2N2O4S. The predicted octanol–water partition coefficient (Wildman–Crippen LogP) is 6.86. The van der Waals surface area contributed by atoms with Gasteiger partial charge in [-0.2, -0.15) is 0 Å². The van der Waals surface area contributed by atoms with Gasteiger partial charge in [-0.15, -0.1) is 0 Å².